The average Bonchev–Trinajstić information content (AvgIpc) is 2.53. The van der Waals surface area contributed by atoms with E-state index >= 15 is 0 Å². The second kappa shape index (κ2) is 7.60. The summed E-state index contributed by atoms with van der Waals surface area (Å²) < 4.78 is 18.3. The Bertz CT molecular complexity index is 691. The molecule has 1 atom stereocenters. The van der Waals surface area contributed by atoms with E-state index in [1.54, 1.807) is 6.07 Å². The predicted octanol–water partition coefficient (Wildman–Crippen LogP) is 3.00. The van der Waals surface area contributed by atoms with Crippen LogP contribution in [0, 0.1) is 12.7 Å². The summed E-state index contributed by atoms with van der Waals surface area (Å²) >= 11 is 0. The topological polar surface area (TPSA) is 70.6 Å². The molecule has 0 aliphatic heterocycles. The van der Waals surface area contributed by atoms with Gasteiger partial charge in [-0.25, -0.2) is 9.18 Å². The van der Waals surface area contributed by atoms with Crippen molar-refractivity contribution in [2.45, 2.75) is 13.0 Å². The number of carbonyl (C=O) groups is 1. The number of aliphatic hydroxyl groups excluding tert-OH is 1. The molecule has 2 rings (SSSR count). The Balaban J connectivity index is 1.95. The van der Waals surface area contributed by atoms with Crippen LogP contribution in [0.4, 0.5) is 14.9 Å². The van der Waals surface area contributed by atoms with Crippen LogP contribution in [0.5, 0.6) is 5.75 Å². The number of rotatable bonds is 5. The van der Waals surface area contributed by atoms with Crippen LogP contribution >= 0.6 is 0 Å². The number of aryl methyl sites for hydroxylation is 1. The molecule has 0 saturated carbocycles. The summed E-state index contributed by atoms with van der Waals surface area (Å²) in [5.41, 5.74) is 1.90. The van der Waals surface area contributed by atoms with Gasteiger partial charge in [0, 0.05) is 12.6 Å². The van der Waals surface area contributed by atoms with E-state index in [9.17, 15) is 14.3 Å². The van der Waals surface area contributed by atoms with E-state index in [0.29, 0.717) is 5.75 Å². The summed E-state index contributed by atoms with van der Waals surface area (Å²) in [6.45, 7) is 1.92. The Morgan fingerprint density at radius 1 is 1.30 bits per heavy atom. The molecule has 5 nitrogen and oxygen atoms in total. The highest BCUT2D eigenvalue weighted by Crippen LogP contribution is 2.24. The molecule has 2 aromatic rings. The molecular formula is C17H19FN2O3. The Morgan fingerprint density at radius 2 is 2.04 bits per heavy atom. The van der Waals surface area contributed by atoms with Crippen molar-refractivity contribution in [2.24, 2.45) is 0 Å². The van der Waals surface area contributed by atoms with E-state index in [-0.39, 0.29) is 12.2 Å². The molecule has 122 valence electrons. The van der Waals surface area contributed by atoms with Crippen molar-refractivity contribution in [3.05, 3.63) is 59.4 Å². The summed E-state index contributed by atoms with van der Waals surface area (Å²) in [6, 6.07) is 10.7. The fraction of sp³-hybridized carbons (Fsp3) is 0.235. The third-order valence-electron chi connectivity index (χ3n) is 3.41. The van der Waals surface area contributed by atoms with Crippen molar-refractivity contribution < 1.29 is 19.0 Å². The Labute approximate surface area is 134 Å². The van der Waals surface area contributed by atoms with E-state index in [1.165, 1.54) is 19.2 Å². The van der Waals surface area contributed by atoms with Crippen molar-refractivity contribution >= 4 is 11.7 Å². The molecule has 0 radical (unpaired) electrons. The van der Waals surface area contributed by atoms with E-state index < -0.39 is 18.0 Å². The maximum Gasteiger partial charge on any atom is 0.319 e. The van der Waals surface area contributed by atoms with E-state index in [2.05, 4.69) is 10.6 Å². The van der Waals surface area contributed by atoms with Crippen LogP contribution in [0.3, 0.4) is 0 Å². The molecule has 0 spiro atoms. The monoisotopic (exact) mass is 318 g/mol. The molecule has 0 aromatic heterocycles. The predicted molar refractivity (Wildman–Crippen MR) is 86.1 cm³/mol. The third-order valence-corrected chi connectivity index (χ3v) is 3.41. The van der Waals surface area contributed by atoms with E-state index in [4.69, 9.17) is 4.74 Å². The molecule has 0 aliphatic rings. The number of aliphatic hydroxyl groups is 1. The zero-order chi connectivity index (χ0) is 16.8. The lowest BCUT2D eigenvalue weighted by molar-refractivity contribution is 0.174. The van der Waals surface area contributed by atoms with Crippen molar-refractivity contribution in [3.63, 3.8) is 0 Å². The van der Waals surface area contributed by atoms with Gasteiger partial charge in [0.15, 0.2) is 0 Å². The summed E-state index contributed by atoms with van der Waals surface area (Å²) in [4.78, 5) is 11.9. The van der Waals surface area contributed by atoms with Gasteiger partial charge in [-0.15, -0.1) is 0 Å². The summed E-state index contributed by atoms with van der Waals surface area (Å²) in [5.74, 6) is -0.137. The first kappa shape index (κ1) is 16.8. The second-order valence-corrected chi connectivity index (χ2v) is 5.05. The Morgan fingerprint density at radius 3 is 2.74 bits per heavy atom. The van der Waals surface area contributed by atoms with Gasteiger partial charge in [0.2, 0.25) is 0 Å². The molecule has 0 aliphatic carbocycles. The highest BCUT2D eigenvalue weighted by Gasteiger charge is 2.13. The SMILES string of the molecule is COc1ccc(F)cc1NC(=O)NCC(O)c1ccccc1C. The van der Waals surface area contributed by atoms with Gasteiger partial charge in [0.1, 0.15) is 11.6 Å². The van der Waals surface area contributed by atoms with Gasteiger partial charge in [-0.05, 0) is 30.2 Å². The number of amides is 2. The lowest BCUT2D eigenvalue weighted by Gasteiger charge is -2.15. The van der Waals surface area contributed by atoms with Gasteiger partial charge in [0.05, 0.1) is 18.9 Å². The van der Waals surface area contributed by atoms with E-state index in [1.807, 2.05) is 25.1 Å². The first-order valence-electron chi connectivity index (χ1n) is 7.13. The molecule has 2 aromatic carbocycles. The molecule has 0 saturated heterocycles. The minimum absolute atomic E-state index is 0.0360. The van der Waals surface area contributed by atoms with Crippen molar-refractivity contribution in [2.75, 3.05) is 19.0 Å². The highest BCUT2D eigenvalue weighted by atomic mass is 19.1. The molecule has 0 bridgehead atoms. The summed E-state index contributed by atoms with van der Waals surface area (Å²) in [6.07, 6.45) is -0.823. The van der Waals surface area contributed by atoms with Gasteiger partial charge >= 0.3 is 6.03 Å². The number of anilines is 1. The standard InChI is InChI=1S/C17H19FN2O3/c1-11-5-3-4-6-13(11)15(21)10-19-17(22)20-14-9-12(18)7-8-16(14)23-2/h3-9,15,21H,10H2,1-2H3,(H2,19,20,22). The Hall–Kier alpha value is -2.60. The molecular weight excluding hydrogens is 299 g/mol. The van der Waals surface area contributed by atoms with Crippen molar-refractivity contribution in [1.82, 2.24) is 5.32 Å². The van der Waals surface area contributed by atoms with Gasteiger partial charge < -0.3 is 20.5 Å². The number of ether oxygens (including phenoxy) is 1. The lowest BCUT2D eigenvalue weighted by Crippen LogP contribution is -2.32. The first-order valence-corrected chi connectivity index (χ1v) is 7.13. The molecule has 1 unspecified atom stereocenters. The van der Waals surface area contributed by atoms with Gasteiger partial charge in [-0.2, -0.15) is 0 Å². The minimum atomic E-state index is -0.823. The van der Waals surface area contributed by atoms with Crippen LogP contribution in [0.25, 0.3) is 0 Å². The average molecular weight is 318 g/mol. The molecule has 6 heteroatoms. The molecule has 0 fully saturated rings. The quantitative estimate of drug-likeness (QED) is 0.793. The van der Waals surface area contributed by atoms with Crippen LogP contribution in [-0.2, 0) is 0 Å². The minimum Gasteiger partial charge on any atom is -0.495 e. The molecule has 2 amide bonds. The van der Waals surface area contributed by atoms with Gasteiger partial charge in [-0.3, -0.25) is 0 Å². The van der Waals surface area contributed by atoms with Gasteiger partial charge in [-0.1, -0.05) is 24.3 Å². The lowest BCUT2D eigenvalue weighted by atomic mass is 10.0. The highest BCUT2D eigenvalue weighted by molar-refractivity contribution is 5.90. The fourth-order valence-electron chi connectivity index (χ4n) is 2.20. The molecule has 23 heavy (non-hydrogen) atoms. The third kappa shape index (κ3) is 4.43. The normalized spacial score (nSPS) is 11.7. The van der Waals surface area contributed by atoms with Crippen molar-refractivity contribution in [1.29, 1.82) is 0 Å². The van der Waals surface area contributed by atoms with Gasteiger partial charge in [0.25, 0.3) is 0 Å². The summed E-state index contributed by atoms with van der Waals surface area (Å²) in [5, 5.41) is 15.2. The van der Waals surface area contributed by atoms with Crippen LogP contribution in [0.2, 0.25) is 0 Å². The smallest absolute Gasteiger partial charge is 0.319 e. The van der Waals surface area contributed by atoms with E-state index in [0.717, 1.165) is 17.2 Å². The number of hydrogen-bond acceptors (Lipinski definition) is 3. The first-order chi connectivity index (χ1) is 11.0. The number of benzene rings is 2. The fourth-order valence-corrected chi connectivity index (χ4v) is 2.20. The number of nitrogens with one attached hydrogen (secondary N) is 2. The van der Waals surface area contributed by atoms with Crippen LogP contribution in [0.15, 0.2) is 42.5 Å². The number of carbonyl (C=O) groups excluding carboxylic acids is 1. The zero-order valence-corrected chi connectivity index (χ0v) is 13.0. The summed E-state index contributed by atoms with van der Waals surface area (Å²) in [7, 11) is 1.43. The molecule has 0 heterocycles. The van der Waals surface area contributed by atoms with Crippen LogP contribution < -0.4 is 15.4 Å². The number of urea groups is 1. The van der Waals surface area contributed by atoms with Crippen LogP contribution in [0.1, 0.15) is 17.2 Å². The second-order valence-electron chi connectivity index (χ2n) is 5.05. The number of hydrogen-bond donors (Lipinski definition) is 3. The zero-order valence-electron chi connectivity index (χ0n) is 13.0. The maximum atomic E-state index is 13.2. The largest absolute Gasteiger partial charge is 0.495 e. The maximum absolute atomic E-state index is 13.2. The van der Waals surface area contributed by atoms with Crippen LogP contribution in [-0.4, -0.2) is 24.8 Å². The number of halogens is 1. The molecule has 3 N–H and O–H groups in total. The Kier molecular flexibility index (Phi) is 5.54. The number of methoxy groups -OCH3 is 1. The van der Waals surface area contributed by atoms with Crippen molar-refractivity contribution in [3.8, 4) is 5.75 Å².